The smallest absolute Gasteiger partial charge is 0.258 e. The number of hydrogen-bond acceptors (Lipinski definition) is 3. The Balaban J connectivity index is 1.48. The van der Waals surface area contributed by atoms with Gasteiger partial charge in [0.2, 0.25) is 0 Å². The molecule has 140 valence electrons. The van der Waals surface area contributed by atoms with Crippen LogP contribution in [0.15, 0.2) is 66.7 Å². The highest BCUT2D eigenvalue weighted by Gasteiger charge is 2.27. The van der Waals surface area contributed by atoms with Gasteiger partial charge in [-0.25, -0.2) is 0 Å². The van der Waals surface area contributed by atoms with Gasteiger partial charge in [-0.1, -0.05) is 29.8 Å². The van der Waals surface area contributed by atoms with Crippen molar-refractivity contribution in [3.8, 4) is 5.75 Å². The van der Waals surface area contributed by atoms with Gasteiger partial charge in [0, 0.05) is 22.5 Å². The fourth-order valence-corrected chi connectivity index (χ4v) is 3.46. The largest absolute Gasteiger partial charge is 0.495 e. The van der Waals surface area contributed by atoms with Gasteiger partial charge in [-0.15, -0.1) is 0 Å². The Morgan fingerprint density at radius 1 is 1.07 bits per heavy atom. The summed E-state index contributed by atoms with van der Waals surface area (Å²) in [6.45, 7) is 0.547. The average molecular weight is 393 g/mol. The molecule has 0 atom stereocenters. The van der Waals surface area contributed by atoms with Crippen LogP contribution < -0.4 is 15.0 Å². The number of hydrogen-bond donors (Lipinski definition) is 1. The van der Waals surface area contributed by atoms with Crippen LogP contribution in [-0.2, 0) is 6.54 Å². The molecule has 1 aliphatic heterocycles. The maximum absolute atomic E-state index is 12.6. The molecule has 4 rings (SSSR count). The van der Waals surface area contributed by atoms with Crippen LogP contribution in [0.5, 0.6) is 5.75 Å². The van der Waals surface area contributed by atoms with Gasteiger partial charge in [-0.2, -0.15) is 0 Å². The Bertz CT molecular complexity index is 1060. The molecule has 28 heavy (non-hydrogen) atoms. The number of halogens is 1. The van der Waals surface area contributed by atoms with E-state index in [1.54, 1.807) is 35.2 Å². The topological polar surface area (TPSA) is 58.6 Å². The van der Waals surface area contributed by atoms with E-state index in [0.717, 1.165) is 16.8 Å². The highest BCUT2D eigenvalue weighted by molar-refractivity contribution is 6.32. The van der Waals surface area contributed by atoms with E-state index in [1.165, 1.54) is 7.11 Å². The average Bonchev–Trinajstić information content (AvgIpc) is 3.05. The van der Waals surface area contributed by atoms with Crippen LogP contribution in [-0.4, -0.2) is 18.9 Å². The van der Waals surface area contributed by atoms with Gasteiger partial charge in [-0.3, -0.25) is 9.59 Å². The summed E-state index contributed by atoms with van der Waals surface area (Å²) in [5.41, 5.74) is 3.59. The van der Waals surface area contributed by atoms with Gasteiger partial charge >= 0.3 is 0 Å². The lowest BCUT2D eigenvalue weighted by Gasteiger charge is -2.16. The van der Waals surface area contributed by atoms with Crippen molar-refractivity contribution in [3.63, 3.8) is 0 Å². The number of methoxy groups -OCH3 is 1. The van der Waals surface area contributed by atoms with Crippen LogP contribution in [0.1, 0.15) is 26.3 Å². The number of nitrogens with one attached hydrogen (secondary N) is 1. The highest BCUT2D eigenvalue weighted by Crippen LogP contribution is 2.29. The zero-order chi connectivity index (χ0) is 19.7. The first-order chi connectivity index (χ1) is 13.6. The first-order valence-electron chi connectivity index (χ1n) is 8.71. The number of rotatable bonds is 4. The van der Waals surface area contributed by atoms with Crippen molar-refractivity contribution >= 4 is 34.8 Å². The lowest BCUT2D eigenvalue weighted by Crippen LogP contribution is -2.22. The molecule has 3 aromatic carbocycles. The maximum atomic E-state index is 12.6. The Hall–Kier alpha value is -3.31. The molecule has 6 heteroatoms. The molecule has 0 saturated heterocycles. The zero-order valence-corrected chi connectivity index (χ0v) is 15.9. The standard InChI is InChI=1S/C22H17ClN2O3/c1-28-20-11-6-14(12-19(20)23)21(26)24-16-7-9-17(10-8-16)25-13-15-4-2-3-5-18(15)22(25)27/h2-12H,13H2,1H3,(H,24,26). The number of carbonyl (C=O) groups excluding carboxylic acids is 2. The first-order valence-corrected chi connectivity index (χ1v) is 9.09. The third-order valence-corrected chi connectivity index (χ3v) is 4.97. The number of nitrogens with zero attached hydrogens (tertiary/aromatic N) is 1. The lowest BCUT2D eigenvalue weighted by atomic mass is 10.1. The van der Waals surface area contributed by atoms with Crippen molar-refractivity contribution < 1.29 is 14.3 Å². The minimum atomic E-state index is -0.276. The van der Waals surface area contributed by atoms with Crippen LogP contribution in [0.2, 0.25) is 5.02 Å². The summed E-state index contributed by atoms with van der Waals surface area (Å²) >= 11 is 6.08. The van der Waals surface area contributed by atoms with Gasteiger partial charge in [-0.05, 0) is 54.1 Å². The molecule has 5 nitrogen and oxygen atoms in total. The van der Waals surface area contributed by atoms with Crippen LogP contribution in [0, 0.1) is 0 Å². The van der Waals surface area contributed by atoms with E-state index >= 15 is 0 Å². The van der Waals surface area contributed by atoms with Crippen molar-refractivity contribution in [2.75, 3.05) is 17.3 Å². The normalized spacial score (nSPS) is 12.6. The molecule has 0 unspecified atom stereocenters. The molecule has 0 aliphatic carbocycles. The van der Waals surface area contributed by atoms with E-state index < -0.39 is 0 Å². The van der Waals surface area contributed by atoms with E-state index in [1.807, 2.05) is 36.4 Å². The maximum Gasteiger partial charge on any atom is 0.258 e. The van der Waals surface area contributed by atoms with E-state index in [4.69, 9.17) is 16.3 Å². The third kappa shape index (κ3) is 3.32. The second-order valence-electron chi connectivity index (χ2n) is 6.40. The fraction of sp³-hybridized carbons (Fsp3) is 0.0909. The number of fused-ring (bicyclic) bond motifs is 1. The summed E-state index contributed by atoms with van der Waals surface area (Å²) in [6.07, 6.45) is 0. The molecule has 0 spiro atoms. The summed E-state index contributed by atoms with van der Waals surface area (Å²) in [5.74, 6) is 0.223. The minimum absolute atomic E-state index is 0.0136. The molecule has 3 aromatic rings. The van der Waals surface area contributed by atoms with Crippen LogP contribution >= 0.6 is 11.6 Å². The molecule has 1 aliphatic rings. The van der Waals surface area contributed by atoms with Gasteiger partial charge in [0.05, 0.1) is 18.7 Å². The fourth-order valence-electron chi connectivity index (χ4n) is 3.20. The van der Waals surface area contributed by atoms with Crippen LogP contribution in [0.3, 0.4) is 0 Å². The van der Waals surface area contributed by atoms with E-state index in [0.29, 0.717) is 28.6 Å². The molecular weight excluding hydrogens is 376 g/mol. The quantitative estimate of drug-likeness (QED) is 0.696. The van der Waals surface area contributed by atoms with Crippen molar-refractivity contribution in [1.82, 2.24) is 0 Å². The molecule has 0 bridgehead atoms. The minimum Gasteiger partial charge on any atom is -0.495 e. The lowest BCUT2D eigenvalue weighted by molar-refractivity contribution is 0.0994. The molecule has 0 radical (unpaired) electrons. The van der Waals surface area contributed by atoms with Crippen LogP contribution in [0.25, 0.3) is 0 Å². The van der Waals surface area contributed by atoms with Crippen LogP contribution in [0.4, 0.5) is 11.4 Å². The second kappa shape index (κ2) is 7.37. The number of benzene rings is 3. The Labute approximate surface area is 167 Å². The number of anilines is 2. The molecule has 1 heterocycles. The summed E-state index contributed by atoms with van der Waals surface area (Å²) in [4.78, 5) is 26.7. The Morgan fingerprint density at radius 3 is 2.50 bits per heavy atom. The van der Waals surface area contributed by atoms with Gasteiger partial charge < -0.3 is 15.0 Å². The number of ether oxygens (including phenoxy) is 1. The highest BCUT2D eigenvalue weighted by atomic mass is 35.5. The second-order valence-corrected chi connectivity index (χ2v) is 6.81. The third-order valence-electron chi connectivity index (χ3n) is 4.67. The van der Waals surface area contributed by atoms with Gasteiger partial charge in [0.15, 0.2) is 0 Å². The summed E-state index contributed by atoms with van der Waals surface area (Å²) < 4.78 is 5.10. The predicted molar refractivity (Wildman–Crippen MR) is 109 cm³/mol. The number of amides is 2. The van der Waals surface area contributed by atoms with E-state index in [2.05, 4.69) is 5.32 Å². The molecule has 0 saturated carbocycles. The molecule has 1 N–H and O–H groups in total. The summed E-state index contributed by atoms with van der Waals surface area (Å²) in [5, 5.41) is 3.20. The van der Waals surface area contributed by atoms with Gasteiger partial charge in [0.25, 0.3) is 11.8 Å². The van der Waals surface area contributed by atoms with Crippen molar-refractivity contribution in [3.05, 3.63) is 88.4 Å². The predicted octanol–water partition coefficient (Wildman–Crippen LogP) is 4.76. The summed E-state index contributed by atoms with van der Waals surface area (Å²) in [6, 6.07) is 19.6. The molecule has 0 fully saturated rings. The Morgan fingerprint density at radius 2 is 1.82 bits per heavy atom. The first kappa shape index (κ1) is 18.1. The van der Waals surface area contributed by atoms with E-state index in [9.17, 15) is 9.59 Å². The number of carbonyl (C=O) groups is 2. The van der Waals surface area contributed by atoms with Crippen molar-refractivity contribution in [2.24, 2.45) is 0 Å². The van der Waals surface area contributed by atoms with Gasteiger partial charge in [0.1, 0.15) is 5.75 Å². The Kier molecular flexibility index (Phi) is 4.75. The molecule has 0 aromatic heterocycles. The molecule has 2 amide bonds. The zero-order valence-electron chi connectivity index (χ0n) is 15.1. The summed E-state index contributed by atoms with van der Waals surface area (Å²) in [7, 11) is 1.52. The van der Waals surface area contributed by atoms with Crippen molar-refractivity contribution in [2.45, 2.75) is 6.54 Å². The van der Waals surface area contributed by atoms with E-state index in [-0.39, 0.29) is 11.8 Å². The molecular formula is C22H17ClN2O3. The SMILES string of the molecule is COc1ccc(C(=O)Nc2ccc(N3Cc4ccccc4C3=O)cc2)cc1Cl. The van der Waals surface area contributed by atoms with Crippen molar-refractivity contribution in [1.29, 1.82) is 0 Å². The monoisotopic (exact) mass is 392 g/mol.